The Kier molecular flexibility index (Phi) is 7.80. The third-order valence-corrected chi connectivity index (χ3v) is 5.21. The van der Waals surface area contributed by atoms with Crippen LogP contribution in [0.15, 0.2) is 0 Å². The first-order valence-electron chi connectivity index (χ1n) is 9.28. The Balaban J connectivity index is 1.55. The van der Waals surface area contributed by atoms with Gasteiger partial charge in [0.25, 0.3) is 0 Å². The van der Waals surface area contributed by atoms with Gasteiger partial charge in [0.2, 0.25) is 5.91 Å². The van der Waals surface area contributed by atoms with E-state index in [0.29, 0.717) is 12.0 Å². The van der Waals surface area contributed by atoms with E-state index in [9.17, 15) is 4.79 Å². The van der Waals surface area contributed by atoms with Crippen molar-refractivity contribution >= 4 is 5.91 Å². The van der Waals surface area contributed by atoms with Crippen LogP contribution >= 0.6 is 0 Å². The fourth-order valence-corrected chi connectivity index (χ4v) is 3.11. The summed E-state index contributed by atoms with van der Waals surface area (Å²) in [7, 11) is 0. The van der Waals surface area contributed by atoms with Crippen molar-refractivity contribution in [2.75, 3.05) is 39.5 Å². The molecule has 2 fully saturated rings. The molecular formula is C18H34N2O3. The molecule has 2 heterocycles. The van der Waals surface area contributed by atoms with Gasteiger partial charge < -0.3 is 19.7 Å². The molecule has 0 radical (unpaired) electrons. The Morgan fingerprint density at radius 2 is 2.00 bits per heavy atom. The van der Waals surface area contributed by atoms with Crippen molar-refractivity contribution < 1.29 is 14.3 Å². The van der Waals surface area contributed by atoms with Crippen LogP contribution in [0.4, 0.5) is 0 Å². The van der Waals surface area contributed by atoms with E-state index in [1.165, 1.54) is 6.42 Å². The van der Waals surface area contributed by atoms with Gasteiger partial charge in [-0.15, -0.1) is 0 Å². The molecular weight excluding hydrogens is 292 g/mol. The van der Waals surface area contributed by atoms with E-state index in [4.69, 9.17) is 9.47 Å². The number of nitrogens with zero attached hydrogens (tertiary/aromatic N) is 1. The molecule has 5 heteroatoms. The summed E-state index contributed by atoms with van der Waals surface area (Å²) in [5.41, 5.74) is 0. The Morgan fingerprint density at radius 3 is 2.61 bits per heavy atom. The van der Waals surface area contributed by atoms with Gasteiger partial charge in [-0.25, -0.2) is 0 Å². The summed E-state index contributed by atoms with van der Waals surface area (Å²) in [5.74, 6) is 0.903. The third-order valence-electron chi connectivity index (χ3n) is 5.21. The highest BCUT2D eigenvalue weighted by Gasteiger charge is 2.26. The summed E-state index contributed by atoms with van der Waals surface area (Å²) >= 11 is 0. The minimum Gasteiger partial charge on any atom is -0.377 e. The average molecular weight is 326 g/mol. The molecule has 2 rings (SSSR count). The Labute approximate surface area is 141 Å². The molecule has 1 N–H and O–H groups in total. The number of ether oxygens (including phenoxy) is 2. The smallest absolute Gasteiger partial charge is 0.223 e. The molecule has 0 unspecified atom stereocenters. The van der Waals surface area contributed by atoms with Crippen molar-refractivity contribution in [1.29, 1.82) is 0 Å². The minimum atomic E-state index is 0.181. The Hall–Kier alpha value is -0.650. The molecule has 0 aromatic carbocycles. The Bertz CT molecular complexity index is 348. The lowest BCUT2D eigenvalue weighted by atomic mass is 9.95. The van der Waals surface area contributed by atoms with Gasteiger partial charge in [-0.1, -0.05) is 13.8 Å². The summed E-state index contributed by atoms with van der Waals surface area (Å²) in [6.45, 7) is 11.7. The van der Waals surface area contributed by atoms with E-state index in [1.54, 1.807) is 0 Å². The van der Waals surface area contributed by atoms with E-state index in [-0.39, 0.29) is 17.9 Å². The molecule has 0 spiro atoms. The van der Waals surface area contributed by atoms with Crippen molar-refractivity contribution in [3.63, 3.8) is 0 Å². The Morgan fingerprint density at radius 1 is 1.26 bits per heavy atom. The molecule has 2 atom stereocenters. The lowest BCUT2D eigenvalue weighted by molar-refractivity contribution is -0.127. The molecule has 0 aromatic rings. The van der Waals surface area contributed by atoms with Crippen molar-refractivity contribution in [2.24, 2.45) is 11.8 Å². The zero-order valence-electron chi connectivity index (χ0n) is 15.1. The molecule has 2 saturated heterocycles. The highest BCUT2D eigenvalue weighted by atomic mass is 16.5. The number of hydrogen-bond donors (Lipinski definition) is 1. The predicted octanol–water partition coefficient (Wildman–Crippen LogP) is 2.05. The van der Waals surface area contributed by atoms with Gasteiger partial charge in [0.15, 0.2) is 0 Å². The summed E-state index contributed by atoms with van der Waals surface area (Å²) in [5, 5.41) is 3.15. The first-order chi connectivity index (χ1) is 11.1. The van der Waals surface area contributed by atoms with E-state index >= 15 is 0 Å². The molecule has 0 bridgehead atoms. The van der Waals surface area contributed by atoms with Crippen LogP contribution in [0.2, 0.25) is 0 Å². The van der Waals surface area contributed by atoms with Gasteiger partial charge in [0, 0.05) is 25.1 Å². The third kappa shape index (κ3) is 6.40. The van der Waals surface area contributed by atoms with Crippen LogP contribution in [-0.2, 0) is 14.3 Å². The number of rotatable bonds is 8. The topological polar surface area (TPSA) is 50.8 Å². The van der Waals surface area contributed by atoms with E-state index in [1.807, 2.05) is 0 Å². The van der Waals surface area contributed by atoms with Crippen molar-refractivity contribution in [2.45, 2.75) is 58.6 Å². The zero-order chi connectivity index (χ0) is 16.7. The second kappa shape index (κ2) is 9.60. The van der Waals surface area contributed by atoms with Crippen LogP contribution < -0.4 is 5.32 Å². The fraction of sp³-hybridized carbons (Fsp3) is 0.944. The number of hydrogen-bond acceptors (Lipinski definition) is 4. The quantitative estimate of drug-likeness (QED) is 0.694. The number of amides is 1. The maximum Gasteiger partial charge on any atom is 0.223 e. The molecule has 0 aliphatic carbocycles. The van der Waals surface area contributed by atoms with Crippen LogP contribution in [0.1, 0.15) is 46.5 Å². The second-order valence-corrected chi connectivity index (χ2v) is 7.37. The number of likely N-dealkylation sites (tertiary alicyclic amines) is 1. The summed E-state index contributed by atoms with van der Waals surface area (Å²) < 4.78 is 11.3. The molecule has 23 heavy (non-hydrogen) atoms. The average Bonchev–Trinajstić information content (AvgIpc) is 3.05. The zero-order valence-corrected chi connectivity index (χ0v) is 15.1. The number of nitrogens with one attached hydrogen (secondary N) is 1. The predicted molar refractivity (Wildman–Crippen MR) is 91.4 cm³/mol. The maximum absolute atomic E-state index is 12.3. The lowest BCUT2D eigenvalue weighted by Crippen LogP contribution is -2.45. The molecule has 0 aromatic heterocycles. The van der Waals surface area contributed by atoms with Crippen LogP contribution in [-0.4, -0.2) is 62.4 Å². The summed E-state index contributed by atoms with van der Waals surface area (Å²) in [4.78, 5) is 14.7. The van der Waals surface area contributed by atoms with Gasteiger partial charge in [-0.2, -0.15) is 0 Å². The van der Waals surface area contributed by atoms with Gasteiger partial charge in [-0.3, -0.25) is 4.79 Å². The lowest BCUT2D eigenvalue weighted by Gasteiger charge is -2.32. The monoisotopic (exact) mass is 326 g/mol. The minimum absolute atomic E-state index is 0.181. The van der Waals surface area contributed by atoms with E-state index < -0.39 is 0 Å². The molecule has 2 aliphatic heterocycles. The van der Waals surface area contributed by atoms with Crippen LogP contribution in [0, 0.1) is 11.8 Å². The van der Waals surface area contributed by atoms with Crippen molar-refractivity contribution in [3.05, 3.63) is 0 Å². The fourth-order valence-electron chi connectivity index (χ4n) is 3.11. The van der Waals surface area contributed by atoms with Crippen LogP contribution in [0.5, 0.6) is 0 Å². The standard InChI is InChI=1S/C18H34N2O3/c1-14(2)15(3)19-18(21)16-6-8-20(9-7-16)10-12-22-13-17-5-4-11-23-17/h14-17H,4-13H2,1-3H3,(H,19,21)/t15-,17-/m0/s1. The molecule has 1 amide bonds. The highest BCUT2D eigenvalue weighted by molar-refractivity contribution is 5.79. The number of piperidine rings is 1. The number of carbonyl (C=O) groups excluding carboxylic acids is 1. The maximum atomic E-state index is 12.3. The molecule has 0 saturated carbocycles. The highest BCUT2D eigenvalue weighted by Crippen LogP contribution is 2.18. The van der Waals surface area contributed by atoms with Gasteiger partial charge in [-0.05, 0) is 51.6 Å². The van der Waals surface area contributed by atoms with Gasteiger partial charge in [0.05, 0.1) is 19.3 Å². The molecule has 5 nitrogen and oxygen atoms in total. The summed E-state index contributed by atoms with van der Waals surface area (Å²) in [6, 6.07) is 0.256. The van der Waals surface area contributed by atoms with Gasteiger partial charge >= 0.3 is 0 Å². The van der Waals surface area contributed by atoms with Crippen molar-refractivity contribution in [3.8, 4) is 0 Å². The second-order valence-electron chi connectivity index (χ2n) is 7.37. The van der Waals surface area contributed by atoms with E-state index in [0.717, 1.165) is 58.7 Å². The van der Waals surface area contributed by atoms with Crippen LogP contribution in [0.25, 0.3) is 0 Å². The molecule has 2 aliphatic rings. The normalized spacial score (nSPS) is 25.0. The molecule has 134 valence electrons. The van der Waals surface area contributed by atoms with E-state index in [2.05, 4.69) is 31.0 Å². The first-order valence-corrected chi connectivity index (χ1v) is 9.28. The summed E-state index contributed by atoms with van der Waals surface area (Å²) in [6.07, 6.45) is 4.53. The SMILES string of the molecule is CC(C)[C@H](C)NC(=O)C1CCN(CCOC[C@@H]2CCCO2)CC1. The van der Waals surface area contributed by atoms with Crippen molar-refractivity contribution in [1.82, 2.24) is 10.2 Å². The first kappa shape index (κ1) is 18.7. The van der Waals surface area contributed by atoms with Crippen LogP contribution in [0.3, 0.4) is 0 Å². The number of carbonyl (C=O) groups is 1. The largest absolute Gasteiger partial charge is 0.377 e. The van der Waals surface area contributed by atoms with Gasteiger partial charge in [0.1, 0.15) is 0 Å².